The Labute approximate surface area is 459 Å². The fraction of sp³-hybridized carbons (Fsp3) is 0.0278. The summed E-state index contributed by atoms with van der Waals surface area (Å²) in [5.74, 6) is 0. The number of hydrogen-bond donors (Lipinski definition) is 0. The second-order valence-electron chi connectivity index (χ2n) is 20.8. The van der Waals surface area contributed by atoms with E-state index in [1.165, 1.54) is 0 Å². The van der Waals surface area contributed by atoms with Crippen LogP contribution >= 0.6 is 0 Å². The van der Waals surface area contributed by atoms with Crippen molar-refractivity contribution in [2.24, 2.45) is 0 Å². The lowest BCUT2D eigenvalue weighted by Gasteiger charge is -2.29. The van der Waals surface area contributed by atoms with Crippen LogP contribution in [-0.2, 0) is 0 Å². The van der Waals surface area contributed by atoms with Crippen LogP contribution in [0.2, 0.25) is 0 Å². The van der Waals surface area contributed by atoms with Crippen molar-refractivity contribution in [2.45, 2.75) is 13.8 Å². The Morgan fingerprint density at radius 3 is 1.27 bits per heavy atom. The van der Waals surface area contributed by atoms with Gasteiger partial charge in [0.1, 0.15) is 17.4 Å². The highest BCUT2D eigenvalue weighted by Gasteiger charge is 2.36. The first kappa shape index (κ1) is 45.3. The Bertz CT molecular complexity index is 5170. The number of pyridine rings is 3. The lowest BCUT2D eigenvalue weighted by atomic mass is 9.89. The van der Waals surface area contributed by atoms with Crippen LogP contribution in [0.4, 0.5) is 0 Å². The van der Waals surface area contributed by atoms with Crippen molar-refractivity contribution in [3.8, 4) is 62.5 Å². The summed E-state index contributed by atoms with van der Waals surface area (Å²) in [5.41, 5.74) is 18.1. The lowest BCUT2D eigenvalue weighted by molar-refractivity contribution is 1.01. The Morgan fingerprint density at radius 1 is 0.350 bits per heavy atom. The molecule has 0 spiro atoms. The van der Waals surface area contributed by atoms with E-state index in [9.17, 15) is 5.26 Å². The van der Waals surface area contributed by atoms with Crippen LogP contribution in [0.15, 0.2) is 243 Å². The van der Waals surface area contributed by atoms with Gasteiger partial charge in [-0.05, 0) is 98.8 Å². The summed E-state index contributed by atoms with van der Waals surface area (Å²) in [5, 5.41) is 21.4. The minimum absolute atomic E-state index is 0.440. The topological polar surface area (TPSA) is 82.2 Å². The molecule has 9 aromatic carbocycles. The molecule has 0 saturated carbocycles. The molecule has 0 amide bonds. The highest BCUT2D eigenvalue weighted by atomic mass is 15.2. The van der Waals surface area contributed by atoms with E-state index >= 15 is 0 Å². The molecule has 80 heavy (non-hydrogen) atoms. The Morgan fingerprint density at radius 2 is 0.762 bits per heavy atom. The fourth-order valence-electron chi connectivity index (χ4n) is 12.9. The SMILES string of the molecule is Cc1ccc2c(c1)c1ccccc1n2-c1c(-n2c3ccccc3c3cc(C)ccc32)c(-n2c3ccccc3c3cccnc32)c(-c2ccc(-c3ccccc3)nc2-c2ccccc2)c(C#N)c1-n1c2ccccc2c2cccnc21. The number of rotatable bonds is 7. The van der Waals surface area contributed by atoms with Crippen molar-refractivity contribution < 1.29 is 0 Å². The summed E-state index contributed by atoms with van der Waals surface area (Å²) in [7, 11) is 0. The van der Waals surface area contributed by atoms with Crippen LogP contribution in [0.25, 0.3) is 144 Å². The molecule has 16 rings (SSSR count). The van der Waals surface area contributed by atoms with Gasteiger partial charge in [-0.3, -0.25) is 9.13 Å². The van der Waals surface area contributed by atoms with Crippen molar-refractivity contribution in [1.82, 2.24) is 33.2 Å². The average Bonchev–Trinajstić information content (AvgIpc) is 4.36. The van der Waals surface area contributed by atoms with E-state index in [2.05, 4.69) is 244 Å². The Kier molecular flexibility index (Phi) is 9.96. The van der Waals surface area contributed by atoms with E-state index in [0.29, 0.717) is 16.8 Å². The van der Waals surface area contributed by atoms with E-state index in [0.717, 1.165) is 144 Å². The number of fused-ring (bicyclic) bond motifs is 12. The molecule has 0 aliphatic rings. The molecule has 7 aromatic heterocycles. The predicted octanol–water partition coefficient (Wildman–Crippen LogP) is 17.7. The first-order chi connectivity index (χ1) is 39.5. The molecule has 0 aliphatic heterocycles. The molecule has 0 saturated heterocycles. The van der Waals surface area contributed by atoms with Crippen LogP contribution in [0.5, 0.6) is 0 Å². The van der Waals surface area contributed by atoms with E-state index in [1.54, 1.807) is 0 Å². The summed E-state index contributed by atoms with van der Waals surface area (Å²) in [6.07, 6.45) is 3.74. The van der Waals surface area contributed by atoms with Gasteiger partial charge in [-0.2, -0.15) is 5.26 Å². The molecular formula is C72H46N8. The van der Waals surface area contributed by atoms with Gasteiger partial charge >= 0.3 is 0 Å². The van der Waals surface area contributed by atoms with Gasteiger partial charge in [-0.15, -0.1) is 0 Å². The standard InChI is InChI=1S/C72H46N8/c1-44-33-37-63-55(41-44)50-25-11-13-29-59(50)77(63)69-67(79-61-31-15-9-23-48(61)52-27-17-39-74-71(52)79)57(43-73)65(54-35-36-58(46-19-5-3-6-20-46)76-66(54)47-21-7-4-8-22-47)68(80-62-32-16-10-24-49(62)53-28-18-40-75-72(53)80)70(69)78-60-30-14-12-26-51(60)56-42-45(2)34-38-64(56)78/h3-42H,1-2H3. The van der Waals surface area contributed by atoms with Gasteiger partial charge in [0.05, 0.1) is 72.8 Å². The number of nitriles is 1. The first-order valence-corrected chi connectivity index (χ1v) is 27.0. The summed E-state index contributed by atoms with van der Waals surface area (Å²) in [6, 6.07) is 84.4. The smallest absolute Gasteiger partial charge is 0.145 e. The first-order valence-electron chi connectivity index (χ1n) is 27.0. The van der Waals surface area contributed by atoms with Crippen LogP contribution in [0.3, 0.4) is 0 Å². The Balaban J connectivity index is 1.27. The van der Waals surface area contributed by atoms with Crippen molar-refractivity contribution in [1.29, 1.82) is 5.26 Å². The molecule has 0 radical (unpaired) electrons. The van der Waals surface area contributed by atoms with Crippen LogP contribution < -0.4 is 0 Å². The third kappa shape index (κ3) is 6.52. The predicted molar refractivity (Wildman–Crippen MR) is 328 cm³/mol. The molecule has 7 heterocycles. The van der Waals surface area contributed by atoms with Crippen molar-refractivity contribution >= 4 is 87.5 Å². The number of aromatic nitrogens is 7. The summed E-state index contributed by atoms with van der Waals surface area (Å²) in [4.78, 5) is 16.4. The number of para-hydroxylation sites is 4. The molecular weight excluding hydrogens is 977 g/mol. The summed E-state index contributed by atoms with van der Waals surface area (Å²) in [6.45, 7) is 4.32. The Hall–Kier alpha value is -10.9. The second kappa shape index (κ2) is 17.6. The summed E-state index contributed by atoms with van der Waals surface area (Å²) >= 11 is 0. The zero-order valence-corrected chi connectivity index (χ0v) is 43.7. The third-order valence-corrected chi connectivity index (χ3v) is 16.2. The lowest BCUT2D eigenvalue weighted by Crippen LogP contribution is -2.17. The van der Waals surface area contributed by atoms with Crippen LogP contribution in [-0.4, -0.2) is 33.2 Å². The molecule has 16 aromatic rings. The molecule has 0 unspecified atom stereocenters. The van der Waals surface area contributed by atoms with Gasteiger partial charge < -0.3 is 9.13 Å². The largest absolute Gasteiger partial charge is 0.305 e. The molecule has 0 atom stereocenters. The van der Waals surface area contributed by atoms with Gasteiger partial charge in [-0.1, -0.05) is 157 Å². The van der Waals surface area contributed by atoms with Crippen molar-refractivity contribution in [3.63, 3.8) is 0 Å². The number of benzene rings is 9. The van der Waals surface area contributed by atoms with E-state index < -0.39 is 0 Å². The minimum atomic E-state index is 0.440. The zero-order valence-electron chi connectivity index (χ0n) is 43.7. The molecule has 0 aliphatic carbocycles. The molecule has 8 nitrogen and oxygen atoms in total. The van der Waals surface area contributed by atoms with Gasteiger partial charge in [-0.25, -0.2) is 15.0 Å². The minimum Gasteiger partial charge on any atom is -0.305 e. The van der Waals surface area contributed by atoms with E-state index in [4.69, 9.17) is 15.0 Å². The van der Waals surface area contributed by atoms with E-state index in [1.807, 2.05) is 36.7 Å². The van der Waals surface area contributed by atoms with Crippen LogP contribution in [0, 0.1) is 25.2 Å². The highest BCUT2D eigenvalue weighted by Crippen LogP contribution is 2.53. The molecule has 0 fully saturated rings. The fourth-order valence-corrected chi connectivity index (χ4v) is 12.9. The third-order valence-electron chi connectivity index (χ3n) is 16.2. The molecule has 374 valence electrons. The van der Waals surface area contributed by atoms with Crippen LogP contribution in [0.1, 0.15) is 16.7 Å². The monoisotopic (exact) mass is 1020 g/mol. The zero-order chi connectivity index (χ0) is 53.2. The number of hydrogen-bond acceptors (Lipinski definition) is 4. The van der Waals surface area contributed by atoms with Gasteiger partial charge in [0, 0.05) is 77.7 Å². The molecule has 8 heteroatoms. The van der Waals surface area contributed by atoms with Gasteiger partial charge in [0.25, 0.3) is 0 Å². The van der Waals surface area contributed by atoms with Crippen molar-refractivity contribution in [2.75, 3.05) is 0 Å². The highest BCUT2D eigenvalue weighted by molar-refractivity contribution is 6.17. The average molecular weight is 1020 g/mol. The molecule has 0 bridgehead atoms. The van der Waals surface area contributed by atoms with Crippen molar-refractivity contribution in [3.05, 3.63) is 260 Å². The van der Waals surface area contributed by atoms with Gasteiger partial charge in [0.2, 0.25) is 0 Å². The number of aryl methyl sites for hydroxylation is 2. The van der Waals surface area contributed by atoms with Gasteiger partial charge in [0.15, 0.2) is 0 Å². The normalized spacial score (nSPS) is 11.9. The molecule has 0 N–H and O–H groups in total. The maximum atomic E-state index is 13.0. The maximum absolute atomic E-state index is 13.0. The van der Waals surface area contributed by atoms with E-state index in [-0.39, 0.29) is 0 Å². The maximum Gasteiger partial charge on any atom is 0.145 e. The number of nitrogens with zero attached hydrogens (tertiary/aromatic N) is 8. The second-order valence-corrected chi connectivity index (χ2v) is 20.8. The summed E-state index contributed by atoms with van der Waals surface area (Å²) < 4.78 is 9.49. The quantitative estimate of drug-likeness (QED) is 0.159.